The standard InChI is InChI=1S/C26H30N2O7/c1-3-34-26(33)20(14-13-18-9-5-4-6-10-18)27-21-15-23(35-17(2)29)19-11-7-8-12-22(19)28(25(21)32)16-24(30)31/h4-12,20-21,23,27H,3,13-16H2,1-2H3,(H,30,31)/t20-,21?,23?/m0/s1. The first-order valence-electron chi connectivity index (χ1n) is 11.6. The van der Waals surface area contributed by atoms with E-state index in [2.05, 4.69) is 5.32 Å². The van der Waals surface area contributed by atoms with Crippen LogP contribution in [-0.4, -0.2) is 54.2 Å². The van der Waals surface area contributed by atoms with E-state index in [1.165, 1.54) is 6.92 Å². The van der Waals surface area contributed by atoms with Crippen LogP contribution < -0.4 is 10.2 Å². The molecule has 2 aromatic rings. The number of hydrogen-bond acceptors (Lipinski definition) is 7. The number of esters is 2. The molecule has 3 atom stereocenters. The van der Waals surface area contributed by atoms with Crippen molar-refractivity contribution in [1.82, 2.24) is 5.32 Å². The number of nitrogens with zero attached hydrogens (tertiary/aromatic N) is 1. The molecule has 9 nitrogen and oxygen atoms in total. The number of aliphatic carboxylic acids is 1. The highest BCUT2D eigenvalue weighted by Crippen LogP contribution is 2.36. The van der Waals surface area contributed by atoms with Crippen LogP contribution in [-0.2, 0) is 35.1 Å². The van der Waals surface area contributed by atoms with Crippen molar-refractivity contribution in [2.75, 3.05) is 18.1 Å². The fourth-order valence-corrected chi connectivity index (χ4v) is 4.21. The van der Waals surface area contributed by atoms with Crippen LogP contribution in [0.25, 0.3) is 0 Å². The molecule has 0 radical (unpaired) electrons. The van der Waals surface area contributed by atoms with Gasteiger partial charge >= 0.3 is 17.9 Å². The summed E-state index contributed by atoms with van der Waals surface area (Å²) < 4.78 is 10.8. The van der Waals surface area contributed by atoms with Gasteiger partial charge in [-0.25, -0.2) is 0 Å². The highest BCUT2D eigenvalue weighted by Gasteiger charge is 2.39. The van der Waals surface area contributed by atoms with E-state index in [1.54, 1.807) is 31.2 Å². The number of nitrogens with one attached hydrogen (secondary N) is 1. The molecule has 1 heterocycles. The minimum atomic E-state index is -1.19. The molecule has 0 bridgehead atoms. The van der Waals surface area contributed by atoms with Crippen molar-refractivity contribution in [2.24, 2.45) is 0 Å². The van der Waals surface area contributed by atoms with E-state index in [-0.39, 0.29) is 13.0 Å². The average molecular weight is 483 g/mol. The Balaban J connectivity index is 1.93. The van der Waals surface area contributed by atoms with Crippen LogP contribution in [0.1, 0.15) is 43.9 Å². The third kappa shape index (κ3) is 6.89. The average Bonchev–Trinajstić information content (AvgIpc) is 2.93. The third-order valence-corrected chi connectivity index (χ3v) is 5.73. The van der Waals surface area contributed by atoms with Gasteiger partial charge in [0.1, 0.15) is 18.7 Å². The minimum Gasteiger partial charge on any atom is -0.480 e. The monoisotopic (exact) mass is 482 g/mol. The second-order valence-corrected chi connectivity index (χ2v) is 8.26. The van der Waals surface area contributed by atoms with E-state index in [4.69, 9.17) is 9.47 Å². The molecule has 3 rings (SSSR count). The van der Waals surface area contributed by atoms with Crippen LogP contribution in [0.5, 0.6) is 0 Å². The summed E-state index contributed by atoms with van der Waals surface area (Å²) in [4.78, 5) is 51.0. The summed E-state index contributed by atoms with van der Waals surface area (Å²) in [5, 5.41) is 12.6. The van der Waals surface area contributed by atoms with Crippen LogP contribution in [0.4, 0.5) is 5.69 Å². The second kappa shape index (κ2) is 12.1. The van der Waals surface area contributed by atoms with Crippen molar-refractivity contribution in [3.8, 4) is 0 Å². The van der Waals surface area contributed by atoms with Gasteiger partial charge in [0.15, 0.2) is 0 Å². The summed E-state index contributed by atoms with van der Waals surface area (Å²) in [5.41, 5.74) is 1.90. The van der Waals surface area contributed by atoms with Crippen LogP contribution >= 0.6 is 0 Å². The van der Waals surface area contributed by atoms with Gasteiger partial charge in [0.05, 0.1) is 18.3 Å². The summed E-state index contributed by atoms with van der Waals surface area (Å²) in [6.07, 6.45) is 0.148. The van der Waals surface area contributed by atoms with E-state index < -0.39 is 48.5 Å². The lowest BCUT2D eigenvalue weighted by atomic mass is 10.00. The molecule has 2 N–H and O–H groups in total. The summed E-state index contributed by atoms with van der Waals surface area (Å²) in [7, 11) is 0. The molecule has 0 aliphatic carbocycles. The normalized spacial score (nSPS) is 18.2. The van der Waals surface area contributed by atoms with Gasteiger partial charge in [-0.15, -0.1) is 0 Å². The van der Waals surface area contributed by atoms with Crippen molar-refractivity contribution >= 4 is 29.5 Å². The quantitative estimate of drug-likeness (QED) is 0.496. The Labute approximate surface area is 204 Å². The van der Waals surface area contributed by atoms with Crippen molar-refractivity contribution in [1.29, 1.82) is 0 Å². The number of ether oxygens (including phenoxy) is 2. The molecule has 2 aromatic carbocycles. The van der Waals surface area contributed by atoms with E-state index in [0.29, 0.717) is 24.1 Å². The first-order valence-corrected chi connectivity index (χ1v) is 11.6. The maximum Gasteiger partial charge on any atom is 0.323 e. The summed E-state index contributed by atoms with van der Waals surface area (Å²) in [6, 6.07) is 14.5. The Morgan fingerprint density at radius 3 is 2.46 bits per heavy atom. The van der Waals surface area contributed by atoms with Gasteiger partial charge in [-0.2, -0.15) is 0 Å². The fraction of sp³-hybridized carbons (Fsp3) is 0.385. The Morgan fingerprint density at radius 1 is 1.11 bits per heavy atom. The number of carbonyl (C=O) groups excluding carboxylic acids is 3. The number of hydrogen-bond donors (Lipinski definition) is 2. The third-order valence-electron chi connectivity index (χ3n) is 5.73. The first-order chi connectivity index (χ1) is 16.8. The van der Waals surface area contributed by atoms with Gasteiger partial charge in [0, 0.05) is 18.9 Å². The molecule has 0 aromatic heterocycles. The smallest absolute Gasteiger partial charge is 0.323 e. The molecule has 9 heteroatoms. The van der Waals surface area contributed by atoms with Crippen molar-refractivity contribution in [3.63, 3.8) is 0 Å². The highest BCUT2D eigenvalue weighted by molar-refractivity contribution is 6.02. The zero-order chi connectivity index (χ0) is 25.4. The molecule has 35 heavy (non-hydrogen) atoms. The number of aryl methyl sites for hydroxylation is 1. The molecule has 1 aliphatic rings. The SMILES string of the molecule is CCOC(=O)[C@H](CCc1ccccc1)NC1CC(OC(C)=O)c2ccccc2N(CC(=O)O)C1=O. The Bertz CT molecular complexity index is 1060. The van der Waals surface area contributed by atoms with E-state index in [1.807, 2.05) is 30.3 Å². The number of carboxylic acids is 1. The number of rotatable bonds is 10. The number of amides is 1. The lowest BCUT2D eigenvalue weighted by molar-refractivity contribution is -0.149. The van der Waals surface area contributed by atoms with E-state index >= 15 is 0 Å². The molecule has 1 amide bonds. The van der Waals surface area contributed by atoms with Gasteiger partial charge in [0.25, 0.3) is 0 Å². The highest BCUT2D eigenvalue weighted by atomic mass is 16.5. The van der Waals surface area contributed by atoms with Gasteiger partial charge in [-0.3, -0.25) is 29.4 Å². The molecular formula is C26H30N2O7. The zero-order valence-corrected chi connectivity index (χ0v) is 19.8. The van der Waals surface area contributed by atoms with Crippen LogP contribution in [0, 0.1) is 0 Å². The summed E-state index contributed by atoms with van der Waals surface area (Å²) in [6.45, 7) is 2.57. The lowest BCUT2D eigenvalue weighted by Crippen LogP contribution is -2.53. The predicted octanol–water partition coefficient (Wildman–Crippen LogP) is 2.63. The molecule has 1 aliphatic heterocycles. The second-order valence-electron chi connectivity index (χ2n) is 8.26. The van der Waals surface area contributed by atoms with E-state index in [0.717, 1.165) is 10.5 Å². The van der Waals surface area contributed by atoms with Crippen molar-refractivity contribution in [3.05, 3.63) is 65.7 Å². The zero-order valence-electron chi connectivity index (χ0n) is 19.8. The molecule has 0 saturated carbocycles. The van der Waals surface area contributed by atoms with Crippen LogP contribution in [0.15, 0.2) is 54.6 Å². The molecular weight excluding hydrogens is 452 g/mol. The molecule has 2 unspecified atom stereocenters. The first kappa shape index (κ1) is 25.9. The number of benzene rings is 2. The Kier molecular flexibility index (Phi) is 8.97. The molecule has 0 spiro atoms. The maximum atomic E-state index is 13.6. The van der Waals surface area contributed by atoms with Crippen molar-refractivity contribution < 1.29 is 33.8 Å². The number of carbonyl (C=O) groups is 4. The Hall–Kier alpha value is -3.72. The fourth-order valence-electron chi connectivity index (χ4n) is 4.21. The number of carboxylic acid groups (broad SMARTS) is 1. The number of para-hydroxylation sites is 1. The van der Waals surface area contributed by atoms with Crippen LogP contribution in [0.3, 0.4) is 0 Å². The van der Waals surface area contributed by atoms with Gasteiger partial charge in [0.2, 0.25) is 5.91 Å². The largest absolute Gasteiger partial charge is 0.480 e. The van der Waals surface area contributed by atoms with Gasteiger partial charge in [-0.1, -0.05) is 48.5 Å². The summed E-state index contributed by atoms with van der Waals surface area (Å²) in [5.74, 6) is -2.76. The Morgan fingerprint density at radius 2 is 1.80 bits per heavy atom. The maximum absolute atomic E-state index is 13.6. The minimum absolute atomic E-state index is 0.0345. The van der Waals surface area contributed by atoms with Crippen molar-refractivity contribution in [2.45, 2.75) is 51.3 Å². The molecule has 0 saturated heterocycles. The summed E-state index contributed by atoms with van der Waals surface area (Å²) >= 11 is 0. The van der Waals surface area contributed by atoms with Gasteiger partial charge in [-0.05, 0) is 31.4 Å². The predicted molar refractivity (Wildman–Crippen MR) is 128 cm³/mol. The lowest BCUT2D eigenvalue weighted by Gasteiger charge is -2.27. The molecule has 186 valence electrons. The number of anilines is 1. The van der Waals surface area contributed by atoms with Gasteiger partial charge < -0.3 is 14.6 Å². The topological polar surface area (TPSA) is 122 Å². The number of fused-ring (bicyclic) bond motifs is 1. The van der Waals surface area contributed by atoms with Crippen LogP contribution in [0.2, 0.25) is 0 Å². The van der Waals surface area contributed by atoms with E-state index in [9.17, 15) is 24.3 Å². The molecule has 0 fully saturated rings.